The molecule has 0 radical (unpaired) electrons. The number of benzene rings is 1. The molecule has 4 nitrogen and oxygen atoms in total. The molecule has 0 aromatic heterocycles. The summed E-state index contributed by atoms with van der Waals surface area (Å²) in [7, 11) is 0. The largest absolute Gasteiger partial charge is 0.466 e. The van der Waals surface area contributed by atoms with Crippen LogP contribution < -0.4 is 0 Å². The highest BCUT2D eigenvalue weighted by Crippen LogP contribution is 2.29. The third kappa shape index (κ3) is 4.99. The normalized spacial score (nSPS) is 18.3. The van der Waals surface area contributed by atoms with Gasteiger partial charge < -0.3 is 14.2 Å². The maximum absolute atomic E-state index is 11.5. The topological polar surface area (TPSA) is 48.1 Å². The third-order valence-electron chi connectivity index (χ3n) is 3.41. The fraction of sp³-hybridized carbons (Fsp3) is 0.562. The number of hydrogen-bond acceptors (Lipinski definition) is 4. The zero-order valence-corrected chi connectivity index (χ0v) is 13.2. The number of esters is 1. The number of epoxide rings is 1. The van der Waals surface area contributed by atoms with Crippen molar-refractivity contribution < 1.29 is 19.0 Å². The van der Waals surface area contributed by atoms with Crippen LogP contribution in [0.15, 0.2) is 18.2 Å². The van der Waals surface area contributed by atoms with Gasteiger partial charge in [0.1, 0.15) is 6.10 Å². The molecule has 2 rings (SSSR count). The highest BCUT2D eigenvalue weighted by molar-refractivity contribution is 6.31. The van der Waals surface area contributed by atoms with E-state index in [9.17, 15) is 4.79 Å². The van der Waals surface area contributed by atoms with Crippen molar-refractivity contribution in [3.63, 3.8) is 0 Å². The summed E-state index contributed by atoms with van der Waals surface area (Å²) in [6.07, 6.45) is 1.03. The van der Waals surface area contributed by atoms with Crippen molar-refractivity contribution in [3.05, 3.63) is 34.3 Å². The Bertz CT molecular complexity index is 485. The Hall–Kier alpha value is -1.10. The number of hydrogen-bond donors (Lipinski definition) is 0. The van der Waals surface area contributed by atoms with Gasteiger partial charge in [-0.2, -0.15) is 0 Å². The summed E-state index contributed by atoms with van der Waals surface area (Å²) in [5.41, 5.74) is 1.98. The highest BCUT2D eigenvalue weighted by Gasteiger charge is 2.24. The van der Waals surface area contributed by atoms with Crippen LogP contribution in [0.1, 0.15) is 37.5 Å². The maximum Gasteiger partial charge on any atom is 0.306 e. The number of carbonyl (C=O) groups excluding carboxylic acids is 1. The van der Waals surface area contributed by atoms with E-state index >= 15 is 0 Å². The van der Waals surface area contributed by atoms with Crippen molar-refractivity contribution in [2.45, 2.75) is 38.9 Å². The average molecular weight is 313 g/mol. The van der Waals surface area contributed by atoms with E-state index in [1.807, 2.05) is 25.1 Å². The molecule has 1 aromatic rings. The lowest BCUT2D eigenvalue weighted by Gasteiger charge is -2.18. The smallest absolute Gasteiger partial charge is 0.306 e. The molecule has 1 aliphatic heterocycles. The Balaban J connectivity index is 2.01. The quantitative estimate of drug-likeness (QED) is 0.546. The molecule has 1 saturated heterocycles. The predicted molar refractivity (Wildman–Crippen MR) is 80.5 cm³/mol. The summed E-state index contributed by atoms with van der Waals surface area (Å²) in [6, 6.07) is 5.73. The Labute approximate surface area is 130 Å². The van der Waals surface area contributed by atoms with Crippen LogP contribution in [-0.4, -0.2) is 31.9 Å². The molecular weight excluding hydrogens is 292 g/mol. The van der Waals surface area contributed by atoms with Gasteiger partial charge in [0.2, 0.25) is 0 Å². The van der Waals surface area contributed by atoms with Gasteiger partial charge in [-0.3, -0.25) is 4.79 Å². The molecule has 0 bridgehead atoms. The molecule has 1 unspecified atom stereocenters. The Morgan fingerprint density at radius 2 is 2.29 bits per heavy atom. The summed E-state index contributed by atoms with van der Waals surface area (Å²) in [4.78, 5) is 11.5. The molecule has 0 amide bonds. The number of ether oxygens (including phenoxy) is 3. The molecule has 0 spiro atoms. The minimum Gasteiger partial charge on any atom is -0.466 e. The molecule has 2 atom stereocenters. The summed E-state index contributed by atoms with van der Waals surface area (Å²) < 4.78 is 15.9. The lowest BCUT2D eigenvalue weighted by Crippen LogP contribution is -2.10. The van der Waals surface area contributed by atoms with Gasteiger partial charge in [0.15, 0.2) is 0 Å². The van der Waals surface area contributed by atoms with Gasteiger partial charge >= 0.3 is 5.97 Å². The molecule has 1 fully saturated rings. The van der Waals surface area contributed by atoms with Gasteiger partial charge in [0, 0.05) is 11.4 Å². The molecule has 5 heteroatoms. The van der Waals surface area contributed by atoms with Crippen molar-refractivity contribution >= 4 is 17.6 Å². The maximum atomic E-state index is 11.5. The van der Waals surface area contributed by atoms with Gasteiger partial charge in [-0.1, -0.05) is 23.7 Å². The zero-order chi connectivity index (χ0) is 15.2. The molecule has 1 aromatic carbocycles. The van der Waals surface area contributed by atoms with Crippen LogP contribution >= 0.6 is 11.6 Å². The SMILES string of the molecule is CCOC(=O)CCc1c(Cl)cccc1[C@@H](C)OCC1CO1. The van der Waals surface area contributed by atoms with Crippen molar-refractivity contribution in [2.24, 2.45) is 0 Å². The molecule has 1 heterocycles. The summed E-state index contributed by atoms with van der Waals surface area (Å²) in [6.45, 7) is 5.55. The standard InChI is InChI=1S/C16H21ClO4/c1-3-19-16(18)8-7-14-13(5-4-6-15(14)17)11(2)20-9-12-10-21-12/h4-6,11-12H,3,7-10H2,1-2H3/t11-,12?/m1/s1. The minimum absolute atomic E-state index is 0.0786. The third-order valence-corrected chi connectivity index (χ3v) is 3.77. The lowest BCUT2D eigenvalue weighted by atomic mass is 9.99. The van der Waals surface area contributed by atoms with E-state index in [4.69, 9.17) is 25.8 Å². The van der Waals surface area contributed by atoms with Crippen LogP contribution in [-0.2, 0) is 25.4 Å². The van der Waals surface area contributed by atoms with Gasteiger partial charge in [0.25, 0.3) is 0 Å². The Morgan fingerprint density at radius 3 is 2.95 bits per heavy atom. The van der Waals surface area contributed by atoms with Crippen LogP contribution in [0.4, 0.5) is 0 Å². The van der Waals surface area contributed by atoms with E-state index in [2.05, 4.69) is 0 Å². The average Bonchev–Trinajstić information content (AvgIpc) is 3.27. The van der Waals surface area contributed by atoms with E-state index in [1.165, 1.54) is 0 Å². The fourth-order valence-corrected chi connectivity index (χ4v) is 2.46. The second-order valence-corrected chi connectivity index (χ2v) is 5.45. The van der Waals surface area contributed by atoms with Gasteiger partial charge in [-0.15, -0.1) is 0 Å². The van der Waals surface area contributed by atoms with Crippen LogP contribution in [0.5, 0.6) is 0 Å². The zero-order valence-electron chi connectivity index (χ0n) is 12.4. The van der Waals surface area contributed by atoms with Crippen molar-refractivity contribution in [2.75, 3.05) is 19.8 Å². The van der Waals surface area contributed by atoms with Crippen LogP contribution in [0, 0.1) is 0 Å². The van der Waals surface area contributed by atoms with E-state index < -0.39 is 0 Å². The number of rotatable bonds is 8. The molecule has 116 valence electrons. The molecule has 0 saturated carbocycles. The van der Waals surface area contributed by atoms with Gasteiger partial charge in [0.05, 0.1) is 25.9 Å². The second kappa shape index (κ2) is 7.78. The van der Waals surface area contributed by atoms with Crippen LogP contribution in [0.3, 0.4) is 0 Å². The number of halogens is 1. The molecule has 0 aliphatic carbocycles. The number of carbonyl (C=O) groups is 1. The first-order chi connectivity index (χ1) is 10.1. The van der Waals surface area contributed by atoms with Gasteiger partial charge in [-0.05, 0) is 37.5 Å². The van der Waals surface area contributed by atoms with Crippen molar-refractivity contribution in [1.82, 2.24) is 0 Å². The summed E-state index contributed by atoms with van der Waals surface area (Å²) in [5.74, 6) is -0.205. The first kappa shape index (κ1) is 16.3. The van der Waals surface area contributed by atoms with E-state index in [0.717, 1.165) is 17.7 Å². The second-order valence-electron chi connectivity index (χ2n) is 5.04. The van der Waals surface area contributed by atoms with Crippen LogP contribution in [0.25, 0.3) is 0 Å². The minimum atomic E-state index is -0.205. The Kier molecular flexibility index (Phi) is 6.03. The van der Waals surface area contributed by atoms with E-state index in [-0.39, 0.29) is 18.2 Å². The molecule has 1 aliphatic rings. The first-order valence-electron chi connectivity index (χ1n) is 7.28. The van der Waals surface area contributed by atoms with E-state index in [0.29, 0.717) is 31.1 Å². The fourth-order valence-electron chi connectivity index (χ4n) is 2.19. The monoisotopic (exact) mass is 312 g/mol. The first-order valence-corrected chi connectivity index (χ1v) is 7.65. The Morgan fingerprint density at radius 1 is 1.52 bits per heavy atom. The molecular formula is C16H21ClO4. The van der Waals surface area contributed by atoms with Crippen molar-refractivity contribution in [1.29, 1.82) is 0 Å². The summed E-state index contributed by atoms with van der Waals surface area (Å²) >= 11 is 6.28. The lowest BCUT2D eigenvalue weighted by molar-refractivity contribution is -0.143. The highest BCUT2D eigenvalue weighted by atomic mass is 35.5. The summed E-state index contributed by atoms with van der Waals surface area (Å²) in [5, 5.41) is 0.662. The van der Waals surface area contributed by atoms with E-state index in [1.54, 1.807) is 6.92 Å². The molecule has 21 heavy (non-hydrogen) atoms. The van der Waals surface area contributed by atoms with Crippen LogP contribution in [0.2, 0.25) is 5.02 Å². The van der Waals surface area contributed by atoms with Crippen molar-refractivity contribution in [3.8, 4) is 0 Å². The predicted octanol–water partition coefficient (Wildman–Crippen LogP) is 3.31. The van der Waals surface area contributed by atoms with Gasteiger partial charge in [-0.25, -0.2) is 0 Å². The molecule has 0 N–H and O–H groups in total.